The third kappa shape index (κ3) is 4.49. The molecule has 0 heterocycles. The Morgan fingerprint density at radius 3 is 2.78 bits per heavy atom. The van der Waals surface area contributed by atoms with Crippen LogP contribution in [-0.2, 0) is 0 Å². The first-order valence-corrected chi connectivity index (χ1v) is 7.50. The predicted molar refractivity (Wildman–Crippen MR) is 93.9 cm³/mol. The Kier molecular flexibility index (Phi) is 5.63. The molecule has 0 aliphatic rings. The number of nitro benzene ring substituents is 1. The topological polar surface area (TPSA) is 93.8 Å². The van der Waals surface area contributed by atoms with Crippen LogP contribution in [0, 0.1) is 13.7 Å². The van der Waals surface area contributed by atoms with Gasteiger partial charge in [-0.15, -0.1) is 0 Å². The standard InChI is InChI=1S/C15H12IN3O4/c1-23-14-6-5-11(8-13(14)16)15(20)18-17-9-10-3-2-4-12(7-10)19(21)22/h2-9H,1H3,(H,18,20). The van der Waals surface area contributed by atoms with Crippen LogP contribution in [0.25, 0.3) is 0 Å². The molecule has 0 bridgehead atoms. The molecule has 0 fully saturated rings. The number of amides is 1. The van der Waals surface area contributed by atoms with E-state index in [1.54, 1.807) is 37.4 Å². The van der Waals surface area contributed by atoms with Crippen molar-refractivity contribution in [1.82, 2.24) is 5.43 Å². The number of hydrogen-bond acceptors (Lipinski definition) is 5. The minimum atomic E-state index is -0.491. The third-order valence-corrected chi connectivity index (χ3v) is 3.72. The Bertz CT molecular complexity index is 777. The van der Waals surface area contributed by atoms with E-state index in [2.05, 4.69) is 33.1 Å². The number of nitrogens with one attached hydrogen (secondary N) is 1. The average molecular weight is 425 g/mol. The number of carbonyl (C=O) groups is 1. The van der Waals surface area contributed by atoms with E-state index >= 15 is 0 Å². The first-order chi connectivity index (χ1) is 11.0. The number of nitrogens with zero attached hydrogens (tertiary/aromatic N) is 2. The van der Waals surface area contributed by atoms with Crippen LogP contribution in [0.15, 0.2) is 47.6 Å². The summed E-state index contributed by atoms with van der Waals surface area (Å²) in [5, 5.41) is 14.5. The van der Waals surface area contributed by atoms with Crippen LogP contribution in [0.3, 0.4) is 0 Å². The molecule has 7 nitrogen and oxygen atoms in total. The Labute approximate surface area is 145 Å². The van der Waals surface area contributed by atoms with Gasteiger partial charge in [0.25, 0.3) is 11.6 Å². The summed E-state index contributed by atoms with van der Waals surface area (Å²) in [5.41, 5.74) is 3.29. The quantitative estimate of drug-likeness (QED) is 0.345. The number of methoxy groups -OCH3 is 1. The normalized spacial score (nSPS) is 10.5. The number of benzene rings is 2. The molecule has 0 aliphatic carbocycles. The van der Waals surface area contributed by atoms with Gasteiger partial charge in [0.2, 0.25) is 0 Å². The summed E-state index contributed by atoms with van der Waals surface area (Å²) in [5.74, 6) is 0.300. The van der Waals surface area contributed by atoms with Gasteiger partial charge in [-0.2, -0.15) is 5.10 Å². The molecule has 1 amide bonds. The van der Waals surface area contributed by atoms with Gasteiger partial charge < -0.3 is 4.74 Å². The van der Waals surface area contributed by atoms with Crippen LogP contribution in [0.4, 0.5) is 5.69 Å². The predicted octanol–water partition coefficient (Wildman–Crippen LogP) is 2.97. The van der Waals surface area contributed by atoms with Crippen LogP contribution in [-0.4, -0.2) is 24.2 Å². The number of carbonyl (C=O) groups excluding carboxylic acids is 1. The summed E-state index contributed by atoms with van der Waals surface area (Å²) >= 11 is 2.07. The molecule has 8 heteroatoms. The van der Waals surface area contributed by atoms with Gasteiger partial charge in [0.05, 0.1) is 21.8 Å². The van der Waals surface area contributed by atoms with Gasteiger partial charge in [-0.25, -0.2) is 5.43 Å². The molecule has 23 heavy (non-hydrogen) atoms. The van der Waals surface area contributed by atoms with Gasteiger partial charge in [0, 0.05) is 23.3 Å². The highest BCUT2D eigenvalue weighted by atomic mass is 127. The third-order valence-electron chi connectivity index (χ3n) is 2.87. The van der Waals surface area contributed by atoms with Crippen molar-refractivity contribution >= 4 is 40.4 Å². The second kappa shape index (κ2) is 7.68. The highest BCUT2D eigenvalue weighted by Gasteiger charge is 2.08. The molecule has 0 atom stereocenters. The molecular formula is C15H12IN3O4. The van der Waals surface area contributed by atoms with E-state index in [0.29, 0.717) is 16.9 Å². The van der Waals surface area contributed by atoms with Crippen molar-refractivity contribution in [2.45, 2.75) is 0 Å². The SMILES string of the molecule is COc1ccc(C(=O)NN=Cc2cccc([N+](=O)[O-])c2)cc1I. The molecule has 118 valence electrons. The molecule has 2 aromatic rings. The van der Waals surface area contributed by atoms with E-state index in [-0.39, 0.29) is 11.6 Å². The van der Waals surface area contributed by atoms with Crippen LogP contribution in [0.1, 0.15) is 15.9 Å². The van der Waals surface area contributed by atoms with Crippen molar-refractivity contribution < 1.29 is 14.5 Å². The molecule has 0 radical (unpaired) electrons. The van der Waals surface area contributed by atoms with Gasteiger partial charge in [-0.1, -0.05) is 12.1 Å². The Balaban J connectivity index is 2.05. The fourth-order valence-electron chi connectivity index (χ4n) is 1.76. The molecule has 2 aromatic carbocycles. The number of non-ortho nitro benzene ring substituents is 1. The summed E-state index contributed by atoms with van der Waals surface area (Å²) in [7, 11) is 1.56. The Hall–Kier alpha value is -2.49. The molecule has 0 saturated heterocycles. The van der Waals surface area contributed by atoms with E-state index in [9.17, 15) is 14.9 Å². The smallest absolute Gasteiger partial charge is 0.271 e. The summed E-state index contributed by atoms with van der Waals surface area (Å²) in [6.07, 6.45) is 1.35. The lowest BCUT2D eigenvalue weighted by Crippen LogP contribution is -2.17. The minimum absolute atomic E-state index is 0.0371. The van der Waals surface area contributed by atoms with Crippen molar-refractivity contribution in [1.29, 1.82) is 0 Å². The summed E-state index contributed by atoms with van der Waals surface area (Å²) in [6.45, 7) is 0. The van der Waals surface area contributed by atoms with E-state index in [1.807, 2.05) is 0 Å². The molecular weight excluding hydrogens is 413 g/mol. The molecule has 0 aromatic heterocycles. The van der Waals surface area contributed by atoms with E-state index in [1.165, 1.54) is 18.3 Å². The van der Waals surface area contributed by atoms with Gasteiger partial charge in [0.1, 0.15) is 5.75 Å². The van der Waals surface area contributed by atoms with Crippen molar-refractivity contribution in [3.05, 3.63) is 67.3 Å². The zero-order valence-electron chi connectivity index (χ0n) is 12.0. The van der Waals surface area contributed by atoms with Crippen molar-refractivity contribution in [3.8, 4) is 5.75 Å². The second-order valence-corrected chi connectivity index (χ2v) is 5.56. The fourth-order valence-corrected chi connectivity index (χ4v) is 2.49. The first kappa shape index (κ1) is 16.9. The summed E-state index contributed by atoms with van der Waals surface area (Å²) in [6, 6.07) is 10.9. The first-order valence-electron chi connectivity index (χ1n) is 6.42. The highest BCUT2D eigenvalue weighted by Crippen LogP contribution is 2.21. The number of ether oxygens (including phenoxy) is 1. The van der Waals surface area contributed by atoms with Crippen molar-refractivity contribution in [2.24, 2.45) is 5.10 Å². The number of rotatable bonds is 5. The van der Waals surface area contributed by atoms with E-state index in [4.69, 9.17) is 4.74 Å². The van der Waals surface area contributed by atoms with Crippen molar-refractivity contribution in [2.75, 3.05) is 7.11 Å². The maximum absolute atomic E-state index is 12.0. The van der Waals surface area contributed by atoms with Crippen LogP contribution in [0.5, 0.6) is 5.75 Å². The molecule has 0 saturated carbocycles. The van der Waals surface area contributed by atoms with E-state index in [0.717, 1.165) is 3.57 Å². The molecule has 0 aliphatic heterocycles. The summed E-state index contributed by atoms with van der Waals surface area (Å²) in [4.78, 5) is 22.2. The zero-order valence-corrected chi connectivity index (χ0v) is 14.2. The largest absolute Gasteiger partial charge is 0.496 e. The second-order valence-electron chi connectivity index (χ2n) is 4.40. The monoisotopic (exact) mass is 425 g/mol. The van der Waals surface area contributed by atoms with Crippen molar-refractivity contribution in [3.63, 3.8) is 0 Å². The minimum Gasteiger partial charge on any atom is -0.496 e. The van der Waals surface area contributed by atoms with Crippen LogP contribution < -0.4 is 10.2 Å². The maximum Gasteiger partial charge on any atom is 0.271 e. The van der Waals surface area contributed by atoms with Gasteiger partial charge >= 0.3 is 0 Å². The number of nitro groups is 1. The summed E-state index contributed by atoms with van der Waals surface area (Å²) < 4.78 is 5.93. The average Bonchev–Trinajstić information content (AvgIpc) is 2.55. The maximum atomic E-state index is 12.0. The molecule has 0 unspecified atom stereocenters. The molecule has 1 N–H and O–H groups in total. The highest BCUT2D eigenvalue weighted by molar-refractivity contribution is 14.1. The van der Waals surface area contributed by atoms with Gasteiger partial charge in [-0.05, 0) is 40.8 Å². The Morgan fingerprint density at radius 1 is 1.35 bits per heavy atom. The molecule has 2 rings (SSSR count). The zero-order chi connectivity index (χ0) is 16.8. The number of hydrazone groups is 1. The Morgan fingerprint density at radius 2 is 2.13 bits per heavy atom. The van der Waals surface area contributed by atoms with Gasteiger partial charge in [0.15, 0.2) is 0 Å². The lowest BCUT2D eigenvalue weighted by atomic mass is 10.2. The lowest BCUT2D eigenvalue weighted by molar-refractivity contribution is -0.384. The van der Waals surface area contributed by atoms with E-state index < -0.39 is 4.92 Å². The van der Waals surface area contributed by atoms with Gasteiger partial charge in [-0.3, -0.25) is 14.9 Å². The number of halogens is 1. The van der Waals surface area contributed by atoms with Crippen LogP contribution in [0.2, 0.25) is 0 Å². The lowest BCUT2D eigenvalue weighted by Gasteiger charge is -2.05. The molecule has 0 spiro atoms. The van der Waals surface area contributed by atoms with Crippen LogP contribution >= 0.6 is 22.6 Å². The number of hydrogen-bond donors (Lipinski definition) is 1. The fraction of sp³-hybridized carbons (Fsp3) is 0.0667.